The quantitative estimate of drug-likeness (QED) is 0.631. The largest absolute Gasteiger partial charge is 0.282 e. The van der Waals surface area contributed by atoms with Crippen LogP contribution in [0.25, 0.3) is 0 Å². The Morgan fingerprint density at radius 2 is 2.36 bits per heavy atom. The highest BCUT2D eigenvalue weighted by molar-refractivity contribution is 8.34. The fourth-order valence-electron chi connectivity index (χ4n) is 0.929. The zero-order valence-electron chi connectivity index (χ0n) is 6.42. The van der Waals surface area contributed by atoms with Gasteiger partial charge in [-0.05, 0) is 30.7 Å². The van der Waals surface area contributed by atoms with E-state index in [4.69, 9.17) is 12.2 Å². The average molecular weight is 186 g/mol. The van der Waals surface area contributed by atoms with Gasteiger partial charge < -0.3 is 0 Å². The van der Waals surface area contributed by atoms with Gasteiger partial charge in [-0.25, -0.2) is 0 Å². The number of unbranched alkanes of at least 4 members (excludes halogenated alkanes) is 1. The van der Waals surface area contributed by atoms with Gasteiger partial charge in [0.25, 0.3) is 0 Å². The van der Waals surface area contributed by atoms with E-state index in [-0.39, 0.29) is 5.12 Å². The van der Waals surface area contributed by atoms with Crippen molar-refractivity contribution >= 4 is 33.3 Å². The van der Waals surface area contributed by atoms with Gasteiger partial charge in [-0.3, -0.25) is 4.79 Å². The Morgan fingerprint density at radius 3 is 2.82 bits per heavy atom. The molecule has 1 aliphatic rings. The molecule has 1 rings (SSSR count). The molecule has 3 heteroatoms. The summed E-state index contributed by atoms with van der Waals surface area (Å²) in [4.78, 5) is 11.1. The molecule has 0 atom stereocenters. The van der Waals surface area contributed by atoms with Gasteiger partial charge in [0.1, 0.15) is 0 Å². The fraction of sp³-hybridized carbons (Fsp3) is 0.500. The van der Waals surface area contributed by atoms with Crippen LogP contribution in [0.5, 0.6) is 0 Å². The van der Waals surface area contributed by atoms with Crippen LogP contribution in [0.3, 0.4) is 0 Å². The predicted octanol–water partition coefficient (Wildman–Crippen LogP) is 2.70. The summed E-state index contributed by atoms with van der Waals surface area (Å²) >= 11 is 6.07. The Balaban J connectivity index is 2.50. The summed E-state index contributed by atoms with van der Waals surface area (Å²) in [6.45, 7) is 2.12. The van der Waals surface area contributed by atoms with Crippen molar-refractivity contribution in [2.75, 3.05) is 0 Å². The molecule has 0 unspecified atom stereocenters. The Hall–Kier alpha value is -0.150. The Labute approximate surface area is 76.2 Å². The van der Waals surface area contributed by atoms with Crippen molar-refractivity contribution in [2.45, 2.75) is 26.2 Å². The molecule has 0 aliphatic carbocycles. The van der Waals surface area contributed by atoms with Crippen LogP contribution in [0.1, 0.15) is 26.2 Å². The molecule has 0 aromatic rings. The molecule has 0 aromatic carbocycles. The minimum atomic E-state index is 0.156. The highest BCUT2D eigenvalue weighted by Gasteiger charge is 2.18. The Kier molecular flexibility index (Phi) is 3.27. The van der Waals surface area contributed by atoms with E-state index in [9.17, 15) is 4.79 Å². The Morgan fingerprint density at radius 1 is 1.64 bits per heavy atom. The lowest BCUT2D eigenvalue weighted by Crippen LogP contribution is -1.90. The molecule has 0 spiro atoms. The van der Waals surface area contributed by atoms with E-state index in [1.165, 1.54) is 11.8 Å². The van der Waals surface area contributed by atoms with E-state index in [0.29, 0.717) is 0 Å². The molecular weight excluding hydrogens is 176 g/mol. The van der Waals surface area contributed by atoms with Crippen LogP contribution < -0.4 is 0 Å². The van der Waals surface area contributed by atoms with Crippen LogP contribution in [0.4, 0.5) is 0 Å². The van der Waals surface area contributed by atoms with Crippen molar-refractivity contribution < 1.29 is 4.79 Å². The van der Waals surface area contributed by atoms with Crippen LogP contribution >= 0.6 is 24.0 Å². The van der Waals surface area contributed by atoms with E-state index in [0.717, 1.165) is 29.0 Å². The summed E-state index contributed by atoms with van der Waals surface area (Å²) in [6, 6.07) is 0. The molecular formula is C8H10OS2. The number of carbonyl (C=O) groups excluding carboxylic acids is 1. The van der Waals surface area contributed by atoms with Crippen molar-refractivity contribution in [1.82, 2.24) is 0 Å². The number of thiocarbonyl (C=S) groups is 1. The van der Waals surface area contributed by atoms with Gasteiger partial charge in [0.05, 0.1) is 4.20 Å². The first-order valence-corrected chi connectivity index (χ1v) is 4.93. The van der Waals surface area contributed by atoms with Gasteiger partial charge >= 0.3 is 0 Å². The first-order valence-electron chi connectivity index (χ1n) is 3.70. The molecule has 1 aliphatic heterocycles. The molecule has 60 valence electrons. The zero-order chi connectivity index (χ0) is 8.27. The van der Waals surface area contributed by atoms with Crippen molar-refractivity contribution in [3.05, 3.63) is 11.6 Å². The van der Waals surface area contributed by atoms with Crippen LogP contribution in [0.15, 0.2) is 11.6 Å². The maximum absolute atomic E-state index is 11.1. The number of hydrogen-bond acceptors (Lipinski definition) is 3. The number of hydrogen-bond donors (Lipinski definition) is 0. The van der Waals surface area contributed by atoms with E-state index >= 15 is 0 Å². The molecule has 1 heterocycles. The third-order valence-corrected chi connectivity index (χ3v) is 2.68. The Bertz CT molecular complexity index is 218. The lowest BCUT2D eigenvalue weighted by Gasteiger charge is -1.94. The molecule has 1 nitrogen and oxygen atoms in total. The first-order chi connectivity index (χ1) is 5.24. The first kappa shape index (κ1) is 8.94. The van der Waals surface area contributed by atoms with Crippen molar-refractivity contribution in [1.29, 1.82) is 0 Å². The molecule has 11 heavy (non-hydrogen) atoms. The predicted molar refractivity (Wildman–Crippen MR) is 52.8 cm³/mol. The summed E-state index contributed by atoms with van der Waals surface area (Å²) in [5.41, 5.74) is 0.904. The van der Waals surface area contributed by atoms with Gasteiger partial charge in [-0.15, -0.1) is 0 Å². The van der Waals surface area contributed by atoms with Crippen molar-refractivity contribution in [3.63, 3.8) is 0 Å². The third kappa shape index (κ3) is 2.42. The topological polar surface area (TPSA) is 17.1 Å². The summed E-state index contributed by atoms with van der Waals surface area (Å²) in [5, 5.41) is 0.156. The molecule has 0 aromatic heterocycles. The third-order valence-electron chi connectivity index (χ3n) is 1.55. The van der Waals surface area contributed by atoms with E-state index < -0.39 is 0 Å². The summed E-state index contributed by atoms with van der Waals surface area (Å²) in [7, 11) is 0. The highest BCUT2D eigenvalue weighted by Crippen LogP contribution is 2.25. The maximum Gasteiger partial charge on any atom is 0.220 e. The molecule has 0 radical (unpaired) electrons. The second-order valence-electron chi connectivity index (χ2n) is 2.48. The number of thioether (sulfide) groups is 1. The van der Waals surface area contributed by atoms with Gasteiger partial charge in [-0.2, -0.15) is 0 Å². The second-order valence-corrected chi connectivity index (χ2v) is 4.19. The maximum atomic E-state index is 11.1. The molecule has 0 bridgehead atoms. The van der Waals surface area contributed by atoms with E-state index in [1.54, 1.807) is 0 Å². The summed E-state index contributed by atoms with van der Waals surface area (Å²) in [5.74, 6) is 0. The minimum absolute atomic E-state index is 0.156. The summed E-state index contributed by atoms with van der Waals surface area (Å²) < 4.78 is 0.723. The van der Waals surface area contributed by atoms with Gasteiger partial charge in [-0.1, -0.05) is 25.6 Å². The van der Waals surface area contributed by atoms with Crippen LogP contribution in [0, 0.1) is 0 Å². The van der Waals surface area contributed by atoms with Crippen LogP contribution in [-0.4, -0.2) is 9.31 Å². The lowest BCUT2D eigenvalue weighted by molar-refractivity contribution is -0.107. The molecule has 0 fully saturated rings. The molecule has 0 amide bonds. The highest BCUT2D eigenvalue weighted by atomic mass is 32.2. The molecule has 0 saturated heterocycles. The van der Waals surface area contributed by atoms with Crippen molar-refractivity contribution in [3.8, 4) is 0 Å². The van der Waals surface area contributed by atoms with E-state index in [1.807, 2.05) is 6.08 Å². The monoisotopic (exact) mass is 186 g/mol. The number of rotatable bonds is 3. The second kappa shape index (κ2) is 4.02. The van der Waals surface area contributed by atoms with Crippen LogP contribution in [0.2, 0.25) is 0 Å². The lowest BCUT2D eigenvalue weighted by atomic mass is 10.1. The van der Waals surface area contributed by atoms with E-state index in [2.05, 4.69) is 6.92 Å². The van der Waals surface area contributed by atoms with Crippen LogP contribution in [-0.2, 0) is 4.79 Å². The standard InChI is InChI=1S/C8H10OS2/c1-2-3-4-6-5-7(10)11-8(6)9/h5H,2-4H2,1H3. The molecule has 0 N–H and O–H groups in total. The van der Waals surface area contributed by atoms with Gasteiger partial charge in [0.2, 0.25) is 5.12 Å². The number of carbonyl (C=O) groups is 1. The SMILES string of the molecule is CCCCC1=CC(=S)SC1=O. The van der Waals surface area contributed by atoms with Gasteiger partial charge in [0, 0.05) is 5.57 Å². The minimum Gasteiger partial charge on any atom is -0.282 e. The summed E-state index contributed by atoms with van der Waals surface area (Å²) in [6.07, 6.45) is 4.93. The molecule has 0 saturated carbocycles. The average Bonchev–Trinajstić information content (AvgIpc) is 2.26. The normalized spacial score (nSPS) is 17.4. The zero-order valence-corrected chi connectivity index (χ0v) is 8.06. The smallest absolute Gasteiger partial charge is 0.220 e. The fourth-order valence-corrected chi connectivity index (χ4v) is 1.97. The van der Waals surface area contributed by atoms with Gasteiger partial charge in [0.15, 0.2) is 0 Å². The van der Waals surface area contributed by atoms with Crippen molar-refractivity contribution in [2.24, 2.45) is 0 Å².